The minimum atomic E-state index is -4.40. The predicted molar refractivity (Wildman–Crippen MR) is 105 cm³/mol. The zero-order valence-corrected chi connectivity index (χ0v) is 16.4. The molecular formula is C22H22F3N3O2. The van der Waals surface area contributed by atoms with Gasteiger partial charge in [0, 0.05) is 32.7 Å². The van der Waals surface area contributed by atoms with Crippen LogP contribution in [0, 0.1) is 11.3 Å². The third-order valence-corrected chi connectivity index (χ3v) is 4.97. The fourth-order valence-electron chi connectivity index (χ4n) is 3.30. The molecule has 30 heavy (non-hydrogen) atoms. The molecule has 0 saturated carbocycles. The van der Waals surface area contributed by atoms with Gasteiger partial charge in [0.15, 0.2) is 6.61 Å². The lowest BCUT2D eigenvalue weighted by Gasteiger charge is -2.22. The standard InChI is InChI=1S/C22H22F3N3O2/c23-22(24,25)19-6-8-20(9-7-19)30-16-21(29)28-11-1-10-27(12-13-28)15-18-4-2-17(14-26)3-5-18/h2-9H,1,10-13,15-16H2. The van der Waals surface area contributed by atoms with Gasteiger partial charge in [0.1, 0.15) is 5.75 Å². The highest BCUT2D eigenvalue weighted by atomic mass is 19.4. The molecule has 0 aromatic heterocycles. The lowest BCUT2D eigenvalue weighted by molar-refractivity contribution is -0.137. The van der Waals surface area contributed by atoms with Gasteiger partial charge in [-0.15, -0.1) is 0 Å². The molecule has 0 spiro atoms. The van der Waals surface area contributed by atoms with Crippen LogP contribution in [0.25, 0.3) is 0 Å². The number of ether oxygens (including phenoxy) is 1. The summed E-state index contributed by atoms with van der Waals surface area (Å²) in [5.74, 6) is 0.0451. The van der Waals surface area contributed by atoms with Gasteiger partial charge in [0.05, 0.1) is 17.2 Å². The molecule has 0 bridgehead atoms. The number of carbonyl (C=O) groups excluding carboxylic acids is 1. The first-order valence-corrected chi connectivity index (χ1v) is 9.64. The van der Waals surface area contributed by atoms with Crippen molar-refractivity contribution in [2.24, 2.45) is 0 Å². The summed E-state index contributed by atoms with van der Waals surface area (Å²) in [4.78, 5) is 16.4. The van der Waals surface area contributed by atoms with E-state index in [1.807, 2.05) is 12.1 Å². The lowest BCUT2D eigenvalue weighted by Crippen LogP contribution is -2.38. The number of rotatable bonds is 5. The summed E-state index contributed by atoms with van der Waals surface area (Å²) >= 11 is 0. The molecule has 8 heteroatoms. The summed E-state index contributed by atoms with van der Waals surface area (Å²) in [5, 5.41) is 8.88. The van der Waals surface area contributed by atoms with Crippen LogP contribution in [0.4, 0.5) is 13.2 Å². The quantitative estimate of drug-likeness (QED) is 0.745. The normalized spacial score (nSPS) is 15.3. The van der Waals surface area contributed by atoms with Crippen LogP contribution in [-0.4, -0.2) is 48.5 Å². The van der Waals surface area contributed by atoms with E-state index < -0.39 is 11.7 Å². The van der Waals surface area contributed by atoms with Crippen molar-refractivity contribution >= 4 is 5.91 Å². The van der Waals surface area contributed by atoms with E-state index in [-0.39, 0.29) is 18.3 Å². The minimum Gasteiger partial charge on any atom is -0.484 e. The van der Waals surface area contributed by atoms with Crippen molar-refractivity contribution in [3.05, 3.63) is 65.2 Å². The number of carbonyl (C=O) groups is 1. The molecule has 0 radical (unpaired) electrons. The summed E-state index contributed by atoms with van der Waals surface area (Å²) in [7, 11) is 0. The molecule has 1 aliphatic heterocycles. The molecule has 0 N–H and O–H groups in total. The molecule has 5 nitrogen and oxygen atoms in total. The van der Waals surface area contributed by atoms with Gasteiger partial charge in [0.2, 0.25) is 0 Å². The highest BCUT2D eigenvalue weighted by molar-refractivity contribution is 5.77. The van der Waals surface area contributed by atoms with Gasteiger partial charge in [-0.05, 0) is 48.4 Å². The Hall–Kier alpha value is -3.05. The van der Waals surface area contributed by atoms with Crippen LogP contribution >= 0.6 is 0 Å². The van der Waals surface area contributed by atoms with Crippen LogP contribution in [0.3, 0.4) is 0 Å². The van der Waals surface area contributed by atoms with E-state index in [1.165, 1.54) is 12.1 Å². The Balaban J connectivity index is 1.47. The van der Waals surface area contributed by atoms with Crippen LogP contribution in [0.5, 0.6) is 5.75 Å². The highest BCUT2D eigenvalue weighted by Gasteiger charge is 2.30. The predicted octanol–water partition coefficient (Wildman–Crippen LogP) is 3.69. The first-order valence-electron chi connectivity index (χ1n) is 9.64. The lowest BCUT2D eigenvalue weighted by atomic mass is 10.1. The number of benzene rings is 2. The van der Waals surface area contributed by atoms with E-state index >= 15 is 0 Å². The van der Waals surface area contributed by atoms with Crippen molar-refractivity contribution in [3.8, 4) is 11.8 Å². The van der Waals surface area contributed by atoms with Gasteiger partial charge in [-0.25, -0.2) is 0 Å². The first-order chi connectivity index (χ1) is 14.3. The van der Waals surface area contributed by atoms with Gasteiger partial charge in [-0.1, -0.05) is 12.1 Å². The van der Waals surface area contributed by atoms with Crippen molar-refractivity contribution in [1.82, 2.24) is 9.80 Å². The Bertz CT molecular complexity index is 890. The maximum atomic E-state index is 12.6. The maximum absolute atomic E-state index is 12.6. The Kier molecular flexibility index (Phi) is 6.95. The van der Waals surface area contributed by atoms with Gasteiger partial charge >= 0.3 is 6.18 Å². The second kappa shape index (κ2) is 9.63. The monoisotopic (exact) mass is 417 g/mol. The molecule has 0 aliphatic carbocycles. The number of hydrogen-bond acceptors (Lipinski definition) is 4. The fourth-order valence-corrected chi connectivity index (χ4v) is 3.30. The van der Waals surface area contributed by atoms with Gasteiger partial charge in [-0.2, -0.15) is 18.4 Å². The van der Waals surface area contributed by atoms with Crippen molar-refractivity contribution in [1.29, 1.82) is 5.26 Å². The molecular weight excluding hydrogens is 395 g/mol. The van der Waals surface area contributed by atoms with Crippen LogP contribution in [0.2, 0.25) is 0 Å². The van der Waals surface area contributed by atoms with Crippen molar-refractivity contribution in [2.45, 2.75) is 19.1 Å². The van der Waals surface area contributed by atoms with E-state index in [4.69, 9.17) is 10.00 Å². The molecule has 158 valence electrons. The SMILES string of the molecule is N#Cc1ccc(CN2CCCN(C(=O)COc3ccc(C(F)(F)F)cc3)CC2)cc1. The molecule has 3 rings (SSSR count). The van der Waals surface area contributed by atoms with Crippen LogP contribution in [-0.2, 0) is 17.5 Å². The molecule has 1 fully saturated rings. The second-order valence-corrected chi connectivity index (χ2v) is 7.13. The largest absolute Gasteiger partial charge is 0.484 e. The van der Waals surface area contributed by atoms with E-state index in [0.717, 1.165) is 37.2 Å². The Morgan fingerprint density at radius 3 is 2.33 bits per heavy atom. The topological polar surface area (TPSA) is 56.6 Å². The third-order valence-electron chi connectivity index (χ3n) is 4.97. The molecule has 2 aromatic carbocycles. The number of amides is 1. The second-order valence-electron chi connectivity index (χ2n) is 7.13. The molecule has 1 heterocycles. The minimum absolute atomic E-state index is 0.185. The summed E-state index contributed by atoms with van der Waals surface area (Å²) in [6, 6.07) is 13.9. The summed E-state index contributed by atoms with van der Waals surface area (Å²) in [6.07, 6.45) is -3.58. The molecule has 2 aromatic rings. The zero-order chi connectivity index (χ0) is 21.6. The Morgan fingerprint density at radius 1 is 1.00 bits per heavy atom. The Morgan fingerprint density at radius 2 is 1.70 bits per heavy atom. The van der Waals surface area contributed by atoms with Crippen LogP contribution < -0.4 is 4.74 Å². The Labute approximate surface area is 173 Å². The summed E-state index contributed by atoms with van der Waals surface area (Å²) in [5.41, 5.74) is 0.981. The summed E-state index contributed by atoms with van der Waals surface area (Å²) in [6.45, 7) is 3.27. The molecule has 0 atom stereocenters. The highest BCUT2D eigenvalue weighted by Crippen LogP contribution is 2.30. The number of alkyl halides is 3. The van der Waals surface area contributed by atoms with E-state index in [2.05, 4.69) is 11.0 Å². The zero-order valence-electron chi connectivity index (χ0n) is 16.4. The van der Waals surface area contributed by atoms with E-state index in [9.17, 15) is 18.0 Å². The molecule has 1 saturated heterocycles. The molecule has 1 amide bonds. The van der Waals surface area contributed by atoms with Crippen LogP contribution in [0.15, 0.2) is 48.5 Å². The number of nitrogens with zero attached hydrogens (tertiary/aromatic N) is 3. The number of nitriles is 1. The number of hydrogen-bond donors (Lipinski definition) is 0. The smallest absolute Gasteiger partial charge is 0.416 e. The maximum Gasteiger partial charge on any atom is 0.416 e. The van der Waals surface area contributed by atoms with Gasteiger partial charge in [-0.3, -0.25) is 9.69 Å². The third kappa shape index (κ3) is 5.97. The number of halogens is 3. The van der Waals surface area contributed by atoms with E-state index in [0.29, 0.717) is 25.2 Å². The van der Waals surface area contributed by atoms with Gasteiger partial charge in [0.25, 0.3) is 5.91 Å². The van der Waals surface area contributed by atoms with Crippen molar-refractivity contribution < 1.29 is 22.7 Å². The fraction of sp³-hybridized carbons (Fsp3) is 0.364. The summed E-state index contributed by atoms with van der Waals surface area (Å²) < 4.78 is 43.2. The molecule has 1 aliphatic rings. The molecule has 0 unspecified atom stereocenters. The first kappa shape index (κ1) is 21.7. The average Bonchev–Trinajstić information content (AvgIpc) is 2.98. The van der Waals surface area contributed by atoms with Crippen molar-refractivity contribution in [3.63, 3.8) is 0 Å². The van der Waals surface area contributed by atoms with Gasteiger partial charge < -0.3 is 9.64 Å². The van der Waals surface area contributed by atoms with E-state index in [1.54, 1.807) is 17.0 Å². The van der Waals surface area contributed by atoms with Crippen molar-refractivity contribution in [2.75, 3.05) is 32.8 Å². The average molecular weight is 417 g/mol. The van der Waals surface area contributed by atoms with Crippen LogP contribution in [0.1, 0.15) is 23.1 Å².